The van der Waals surface area contributed by atoms with Crippen molar-refractivity contribution in [1.29, 1.82) is 5.26 Å². The summed E-state index contributed by atoms with van der Waals surface area (Å²) in [6.45, 7) is 5.71. The van der Waals surface area contributed by atoms with Gasteiger partial charge < -0.3 is 19.4 Å². The highest BCUT2D eigenvalue weighted by atomic mass is 16.5. The van der Waals surface area contributed by atoms with Crippen LogP contribution in [0.2, 0.25) is 0 Å². The molecule has 0 aliphatic carbocycles. The molecule has 0 radical (unpaired) electrons. The van der Waals surface area contributed by atoms with E-state index < -0.39 is 0 Å². The van der Waals surface area contributed by atoms with Crippen LogP contribution in [-0.2, 0) is 17.8 Å². The van der Waals surface area contributed by atoms with E-state index in [1.165, 1.54) is 0 Å². The Hall–Kier alpha value is -3.46. The fourth-order valence-electron chi connectivity index (χ4n) is 3.27. The number of nitrogens with zero attached hydrogens (tertiary/aromatic N) is 2. The molecule has 0 aliphatic heterocycles. The van der Waals surface area contributed by atoms with E-state index in [9.17, 15) is 10.1 Å². The van der Waals surface area contributed by atoms with Gasteiger partial charge in [-0.1, -0.05) is 24.3 Å². The zero-order chi connectivity index (χ0) is 20.6. The minimum Gasteiger partial charge on any atom is -0.490 e. The average Bonchev–Trinajstić information content (AvgIpc) is 3.08. The number of nitrogens with one attached hydrogen (secondary N) is 1. The summed E-state index contributed by atoms with van der Waals surface area (Å²) in [5, 5.41) is 13.1. The second-order valence-electron chi connectivity index (χ2n) is 6.55. The summed E-state index contributed by atoms with van der Waals surface area (Å²) in [6.07, 6.45) is 2.42. The van der Waals surface area contributed by atoms with E-state index in [2.05, 4.69) is 11.4 Å². The summed E-state index contributed by atoms with van der Waals surface area (Å²) in [6, 6.07) is 15.6. The second-order valence-corrected chi connectivity index (χ2v) is 6.55. The van der Waals surface area contributed by atoms with Gasteiger partial charge >= 0.3 is 0 Å². The van der Waals surface area contributed by atoms with Crippen LogP contribution in [0, 0.1) is 11.3 Å². The summed E-state index contributed by atoms with van der Waals surface area (Å²) in [7, 11) is 0. The first-order chi connectivity index (χ1) is 14.2. The minimum absolute atomic E-state index is 0.0915. The van der Waals surface area contributed by atoms with Gasteiger partial charge in [0.1, 0.15) is 12.6 Å². The van der Waals surface area contributed by atoms with Crippen LogP contribution in [0.3, 0.4) is 0 Å². The molecule has 29 heavy (non-hydrogen) atoms. The first-order valence-corrected chi connectivity index (χ1v) is 9.79. The van der Waals surface area contributed by atoms with Crippen LogP contribution in [0.4, 0.5) is 0 Å². The molecule has 1 N–H and O–H groups in total. The molecule has 0 unspecified atom stereocenters. The third kappa shape index (κ3) is 4.88. The minimum atomic E-state index is -0.0915. The Kier molecular flexibility index (Phi) is 6.75. The Morgan fingerprint density at radius 1 is 1.10 bits per heavy atom. The SMILES string of the molecule is CCOc1ccc(CCNC(=O)Cn2cc(C#N)c3ccccc32)cc1OCC. The molecule has 0 aliphatic rings. The van der Waals surface area contributed by atoms with E-state index >= 15 is 0 Å². The second kappa shape index (κ2) is 9.65. The molecule has 150 valence electrons. The molecule has 6 heteroatoms. The molecule has 0 spiro atoms. The van der Waals surface area contributed by atoms with Crippen molar-refractivity contribution in [3.8, 4) is 17.6 Å². The molecule has 6 nitrogen and oxygen atoms in total. The highest BCUT2D eigenvalue weighted by Crippen LogP contribution is 2.28. The maximum Gasteiger partial charge on any atom is 0.239 e. The van der Waals surface area contributed by atoms with Gasteiger partial charge in [0.05, 0.1) is 18.8 Å². The lowest BCUT2D eigenvalue weighted by molar-refractivity contribution is -0.121. The molecule has 3 aromatic rings. The van der Waals surface area contributed by atoms with Crippen molar-refractivity contribution in [3.05, 3.63) is 59.8 Å². The number of hydrogen-bond donors (Lipinski definition) is 1. The van der Waals surface area contributed by atoms with E-state index in [1.54, 1.807) is 6.20 Å². The molecule has 0 atom stereocenters. The van der Waals surface area contributed by atoms with Gasteiger partial charge in [0, 0.05) is 23.6 Å². The van der Waals surface area contributed by atoms with E-state index in [-0.39, 0.29) is 12.5 Å². The Balaban J connectivity index is 1.59. The smallest absolute Gasteiger partial charge is 0.239 e. The van der Waals surface area contributed by atoms with Crippen LogP contribution in [0.25, 0.3) is 10.9 Å². The molecule has 0 saturated carbocycles. The number of para-hydroxylation sites is 1. The van der Waals surface area contributed by atoms with Crippen LogP contribution >= 0.6 is 0 Å². The van der Waals surface area contributed by atoms with Crippen molar-refractivity contribution in [2.24, 2.45) is 0 Å². The normalized spacial score (nSPS) is 10.5. The lowest BCUT2D eigenvalue weighted by atomic mass is 10.1. The summed E-state index contributed by atoms with van der Waals surface area (Å²) >= 11 is 0. The van der Waals surface area contributed by atoms with Crippen molar-refractivity contribution in [1.82, 2.24) is 9.88 Å². The Morgan fingerprint density at radius 2 is 1.86 bits per heavy atom. The Morgan fingerprint density at radius 3 is 2.62 bits per heavy atom. The number of ether oxygens (including phenoxy) is 2. The standard InChI is InChI=1S/C23H25N3O3/c1-3-28-21-10-9-17(13-22(21)29-4-2)11-12-25-23(27)16-26-15-18(14-24)19-7-5-6-8-20(19)26/h5-10,13,15H,3-4,11-12,16H2,1-2H3,(H,25,27). The molecule has 1 heterocycles. The fourth-order valence-corrected chi connectivity index (χ4v) is 3.27. The summed E-state index contributed by atoms with van der Waals surface area (Å²) in [5.74, 6) is 1.36. The molecule has 0 bridgehead atoms. The predicted molar refractivity (Wildman–Crippen MR) is 112 cm³/mol. The quantitative estimate of drug-likeness (QED) is 0.604. The van der Waals surface area contributed by atoms with Crippen LogP contribution in [0.5, 0.6) is 11.5 Å². The van der Waals surface area contributed by atoms with Crippen molar-refractivity contribution in [2.75, 3.05) is 19.8 Å². The van der Waals surface area contributed by atoms with Crippen molar-refractivity contribution in [2.45, 2.75) is 26.8 Å². The number of carbonyl (C=O) groups is 1. The average molecular weight is 391 g/mol. The molecule has 1 amide bonds. The predicted octanol–water partition coefficient (Wildman–Crippen LogP) is 3.67. The maximum atomic E-state index is 12.4. The topological polar surface area (TPSA) is 76.3 Å². The number of fused-ring (bicyclic) bond motifs is 1. The van der Waals surface area contributed by atoms with Crippen LogP contribution in [0.1, 0.15) is 25.0 Å². The van der Waals surface area contributed by atoms with Gasteiger partial charge in [0.25, 0.3) is 0 Å². The molecule has 1 aromatic heterocycles. The van der Waals surface area contributed by atoms with Crippen LogP contribution in [-0.4, -0.2) is 30.2 Å². The first kappa shape index (κ1) is 20.3. The van der Waals surface area contributed by atoms with Gasteiger partial charge in [-0.25, -0.2) is 0 Å². The monoisotopic (exact) mass is 391 g/mol. The molecule has 0 fully saturated rings. The lowest BCUT2D eigenvalue weighted by Crippen LogP contribution is -2.29. The van der Waals surface area contributed by atoms with Crippen LogP contribution in [0.15, 0.2) is 48.7 Å². The third-order valence-corrected chi connectivity index (χ3v) is 4.57. The van der Waals surface area contributed by atoms with E-state index in [0.29, 0.717) is 31.7 Å². The zero-order valence-electron chi connectivity index (χ0n) is 16.8. The summed E-state index contributed by atoms with van der Waals surface area (Å²) in [4.78, 5) is 12.4. The number of aromatic nitrogens is 1. The number of nitriles is 1. The maximum absolute atomic E-state index is 12.4. The Bertz CT molecular complexity index is 1030. The number of hydrogen-bond acceptors (Lipinski definition) is 4. The lowest BCUT2D eigenvalue weighted by Gasteiger charge is -2.13. The van der Waals surface area contributed by atoms with Crippen molar-refractivity contribution >= 4 is 16.8 Å². The number of carbonyl (C=O) groups excluding carboxylic acids is 1. The third-order valence-electron chi connectivity index (χ3n) is 4.57. The van der Waals surface area contributed by atoms with Crippen molar-refractivity contribution in [3.63, 3.8) is 0 Å². The van der Waals surface area contributed by atoms with Gasteiger partial charge in [0.2, 0.25) is 5.91 Å². The number of rotatable bonds is 9. The fraction of sp³-hybridized carbons (Fsp3) is 0.304. The van der Waals surface area contributed by atoms with E-state index in [1.807, 2.05) is 60.9 Å². The molecule has 3 rings (SSSR count). The highest BCUT2D eigenvalue weighted by Gasteiger charge is 2.11. The van der Waals surface area contributed by atoms with Gasteiger partial charge in [0.15, 0.2) is 11.5 Å². The molecule has 0 saturated heterocycles. The van der Waals surface area contributed by atoms with Crippen molar-refractivity contribution < 1.29 is 14.3 Å². The molecular formula is C23H25N3O3. The number of benzene rings is 2. The highest BCUT2D eigenvalue weighted by molar-refractivity contribution is 5.88. The van der Waals surface area contributed by atoms with Crippen LogP contribution < -0.4 is 14.8 Å². The summed E-state index contributed by atoms with van der Waals surface area (Å²) < 4.78 is 13.0. The van der Waals surface area contributed by atoms with E-state index in [4.69, 9.17) is 9.47 Å². The molecule has 2 aromatic carbocycles. The summed E-state index contributed by atoms with van der Waals surface area (Å²) in [5.41, 5.74) is 2.52. The van der Waals surface area contributed by atoms with Gasteiger partial charge in [-0.3, -0.25) is 4.79 Å². The first-order valence-electron chi connectivity index (χ1n) is 9.79. The molecular weight excluding hydrogens is 366 g/mol. The largest absolute Gasteiger partial charge is 0.490 e. The van der Waals surface area contributed by atoms with Gasteiger partial charge in [-0.05, 0) is 44.0 Å². The van der Waals surface area contributed by atoms with Gasteiger partial charge in [-0.2, -0.15) is 5.26 Å². The number of amides is 1. The Labute approximate surface area is 170 Å². The van der Waals surface area contributed by atoms with E-state index in [0.717, 1.165) is 28.0 Å². The van der Waals surface area contributed by atoms with Gasteiger partial charge in [-0.15, -0.1) is 0 Å². The zero-order valence-corrected chi connectivity index (χ0v) is 16.8.